The smallest absolute Gasteiger partial charge is 0.396 e. The zero-order valence-electron chi connectivity index (χ0n) is 25.4. The number of carbonyl (C=O) groups is 2. The average molecular weight is 658 g/mol. The molecule has 2 aliphatic rings. The van der Waals surface area contributed by atoms with Gasteiger partial charge in [-0.2, -0.15) is 23.7 Å². The maximum atomic E-state index is 14.7. The monoisotopic (exact) mass is 657 g/mol. The van der Waals surface area contributed by atoms with Crippen LogP contribution < -0.4 is 4.90 Å². The van der Waals surface area contributed by atoms with Crippen LogP contribution in [0.4, 0.5) is 28.4 Å². The van der Waals surface area contributed by atoms with Crippen LogP contribution in [0.1, 0.15) is 74.6 Å². The van der Waals surface area contributed by atoms with Crippen molar-refractivity contribution >= 4 is 27.6 Å². The van der Waals surface area contributed by atoms with Crippen molar-refractivity contribution in [3.8, 4) is 12.1 Å². The van der Waals surface area contributed by atoms with Crippen molar-refractivity contribution in [3.05, 3.63) is 70.4 Å². The van der Waals surface area contributed by atoms with Crippen molar-refractivity contribution in [1.82, 2.24) is 9.80 Å². The Labute approximate surface area is 265 Å². The lowest BCUT2D eigenvalue weighted by atomic mass is 9.92. The number of nitrogens with zero attached hydrogens (tertiary/aromatic N) is 5. The van der Waals surface area contributed by atoms with Gasteiger partial charge in [-0.25, -0.2) is 22.9 Å². The number of alkyl halides is 3. The molecule has 0 spiro atoms. The molecule has 2 aromatic rings. The molecule has 0 saturated heterocycles. The van der Waals surface area contributed by atoms with Crippen molar-refractivity contribution in [2.24, 2.45) is 0 Å². The zero-order valence-corrected chi connectivity index (χ0v) is 26.2. The van der Waals surface area contributed by atoms with E-state index in [1.165, 1.54) is 30.0 Å². The number of aliphatic hydroxyl groups excluding tert-OH is 1. The van der Waals surface area contributed by atoms with Crippen molar-refractivity contribution in [2.75, 3.05) is 24.3 Å². The number of hydrogen-bond donors (Lipinski definition) is 1. The number of amides is 4. The first-order valence-corrected chi connectivity index (χ1v) is 16.7. The standard InChI is InChI=1S/C32H34F3N5O5S/c1-21-27(20-37)29(26-14-13-22(19-36)17-28(26)46(2,44)45)40(30(42)38(15-6-7-16-41)24-10-4-3-5-11-24)31(43)39(21)25-12-8-9-23(18-25)32(33,34)35/h8-9,12-14,17-18,24,29,41H,3-7,10-11,15-16H2,1-2H3/t29-/m1/s1. The van der Waals surface area contributed by atoms with Crippen molar-refractivity contribution in [3.63, 3.8) is 0 Å². The number of anilines is 1. The largest absolute Gasteiger partial charge is 0.416 e. The fourth-order valence-electron chi connectivity index (χ4n) is 6.07. The van der Waals surface area contributed by atoms with E-state index in [9.17, 15) is 46.8 Å². The molecular weight excluding hydrogens is 623 g/mol. The van der Waals surface area contributed by atoms with Gasteiger partial charge in [-0.15, -0.1) is 0 Å². The van der Waals surface area contributed by atoms with Gasteiger partial charge in [0.25, 0.3) is 0 Å². The molecule has 1 N–H and O–H groups in total. The van der Waals surface area contributed by atoms with E-state index in [4.69, 9.17) is 0 Å². The molecule has 0 radical (unpaired) electrons. The van der Waals surface area contributed by atoms with Gasteiger partial charge in [0.1, 0.15) is 6.04 Å². The number of carbonyl (C=O) groups excluding carboxylic acids is 2. The number of imide groups is 1. The number of sulfone groups is 1. The van der Waals surface area contributed by atoms with E-state index in [1.807, 2.05) is 12.1 Å². The first-order chi connectivity index (χ1) is 21.7. The third-order valence-corrected chi connectivity index (χ3v) is 9.47. The summed E-state index contributed by atoms with van der Waals surface area (Å²) >= 11 is 0. The van der Waals surface area contributed by atoms with Gasteiger partial charge in [-0.05, 0) is 68.5 Å². The summed E-state index contributed by atoms with van der Waals surface area (Å²) in [6.45, 7) is 1.35. The second-order valence-electron chi connectivity index (χ2n) is 11.4. The molecule has 2 aromatic carbocycles. The highest BCUT2D eigenvalue weighted by Gasteiger charge is 2.47. The third-order valence-electron chi connectivity index (χ3n) is 8.32. The quantitative estimate of drug-likeness (QED) is 0.329. The van der Waals surface area contributed by atoms with E-state index in [1.54, 1.807) is 0 Å². The van der Waals surface area contributed by atoms with Crippen molar-refractivity contribution in [2.45, 2.75) is 75.0 Å². The Morgan fingerprint density at radius 2 is 1.76 bits per heavy atom. The van der Waals surface area contributed by atoms with E-state index in [2.05, 4.69) is 0 Å². The first-order valence-electron chi connectivity index (χ1n) is 14.8. The predicted molar refractivity (Wildman–Crippen MR) is 162 cm³/mol. The Morgan fingerprint density at radius 1 is 1.07 bits per heavy atom. The van der Waals surface area contributed by atoms with Gasteiger partial charge in [-0.1, -0.05) is 31.4 Å². The van der Waals surface area contributed by atoms with Gasteiger partial charge < -0.3 is 10.0 Å². The molecule has 14 heteroatoms. The van der Waals surface area contributed by atoms with Crippen LogP contribution in [0.5, 0.6) is 0 Å². The predicted octanol–water partition coefficient (Wildman–Crippen LogP) is 6.29. The Balaban J connectivity index is 2.00. The SMILES string of the molecule is CC1=C(C#N)[C@@H](c2ccc(C#N)cc2S(C)(=O)=O)N(C(=O)N(CCCCO)C2CCCCC2)C(=O)N1c1cccc(C(F)(F)F)c1. The number of benzene rings is 2. The lowest BCUT2D eigenvalue weighted by molar-refractivity contribution is -0.137. The lowest BCUT2D eigenvalue weighted by Gasteiger charge is -2.44. The minimum atomic E-state index is -4.75. The first kappa shape index (κ1) is 34.5. The Hall–Kier alpha value is -4.40. The van der Waals surface area contributed by atoms with Gasteiger partial charge in [0.15, 0.2) is 9.84 Å². The fraction of sp³-hybridized carbons (Fsp3) is 0.438. The van der Waals surface area contributed by atoms with Crippen LogP contribution in [0.3, 0.4) is 0 Å². The van der Waals surface area contributed by atoms with Gasteiger partial charge in [0.05, 0.1) is 39.4 Å². The number of rotatable bonds is 8. The Bertz CT molecular complexity index is 1720. The van der Waals surface area contributed by atoms with Crippen LogP contribution >= 0.6 is 0 Å². The van der Waals surface area contributed by atoms with Crippen LogP contribution in [0.2, 0.25) is 0 Å². The summed E-state index contributed by atoms with van der Waals surface area (Å²) in [4.78, 5) is 31.9. The van der Waals surface area contributed by atoms with Gasteiger partial charge in [0, 0.05) is 31.1 Å². The number of hydrogen-bond acceptors (Lipinski definition) is 7. The van der Waals surface area contributed by atoms with Gasteiger partial charge in [0.2, 0.25) is 0 Å². The van der Waals surface area contributed by atoms with Crippen LogP contribution in [-0.4, -0.2) is 60.8 Å². The fourth-order valence-corrected chi connectivity index (χ4v) is 7.02. The summed E-state index contributed by atoms with van der Waals surface area (Å²) in [5.74, 6) is 0. The molecule has 244 valence electrons. The second-order valence-corrected chi connectivity index (χ2v) is 13.4. The van der Waals surface area contributed by atoms with Crippen LogP contribution in [0.25, 0.3) is 0 Å². The highest BCUT2D eigenvalue weighted by Crippen LogP contribution is 2.43. The van der Waals surface area contributed by atoms with E-state index in [0.29, 0.717) is 25.7 Å². The Kier molecular flexibility index (Phi) is 10.4. The number of urea groups is 2. The second kappa shape index (κ2) is 13.9. The molecule has 4 amide bonds. The van der Waals surface area contributed by atoms with E-state index in [0.717, 1.165) is 59.6 Å². The third kappa shape index (κ3) is 7.03. The maximum Gasteiger partial charge on any atom is 0.416 e. The van der Waals surface area contributed by atoms with Crippen LogP contribution in [0.15, 0.2) is 58.6 Å². The molecule has 1 fully saturated rings. The molecule has 1 saturated carbocycles. The molecule has 1 heterocycles. The maximum absolute atomic E-state index is 14.7. The Morgan fingerprint density at radius 3 is 2.35 bits per heavy atom. The summed E-state index contributed by atoms with van der Waals surface area (Å²) in [7, 11) is -4.09. The molecule has 1 aliphatic carbocycles. The minimum absolute atomic E-state index is 0.0122. The average Bonchev–Trinajstić information content (AvgIpc) is 3.02. The highest BCUT2D eigenvalue weighted by molar-refractivity contribution is 7.90. The minimum Gasteiger partial charge on any atom is -0.396 e. The lowest BCUT2D eigenvalue weighted by Crippen LogP contribution is -2.58. The van der Waals surface area contributed by atoms with Crippen LogP contribution in [-0.2, 0) is 16.0 Å². The highest BCUT2D eigenvalue weighted by atomic mass is 32.2. The topological polar surface area (TPSA) is 146 Å². The normalized spacial score (nSPS) is 17.9. The summed E-state index contributed by atoms with van der Waals surface area (Å²) < 4.78 is 67.2. The summed E-state index contributed by atoms with van der Waals surface area (Å²) in [5, 5.41) is 29.4. The number of aliphatic hydroxyl groups is 1. The molecule has 1 aliphatic heterocycles. The molecular formula is C32H34F3N5O5S. The molecule has 1 atom stereocenters. The summed E-state index contributed by atoms with van der Waals surface area (Å²) in [6.07, 6.45) is 0.726. The van der Waals surface area contributed by atoms with Crippen molar-refractivity contribution in [1.29, 1.82) is 10.5 Å². The zero-order chi connectivity index (χ0) is 33.8. The summed E-state index contributed by atoms with van der Waals surface area (Å²) in [5.41, 5.74) is -1.74. The number of unbranched alkanes of at least 4 members (excludes halogenated alkanes) is 1. The molecule has 4 rings (SSSR count). The van der Waals surface area contributed by atoms with E-state index >= 15 is 0 Å². The van der Waals surface area contributed by atoms with E-state index < -0.39 is 39.7 Å². The number of allylic oxidation sites excluding steroid dienone is 1. The number of halogens is 3. The molecule has 0 aromatic heterocycles. The molecule has 10 nitrogen and oxygen atoms in total. The molecule has 0 unspecified atom stereocenters. The summed E-state index contributed by atoms with van der Waals surface area (Å²) in [6, 6.07) is 7.66. The van der Waals surface area contributed by atoms with Crippen molar-refractivity contribution < 1.29 is 36.3 Å². The molecule has 46 heavy (non-hydrogen) atoms. The molecule has 0 bridgehead atoms. The number of nitriles is 2. The van der Waals surface area contributed by atoms with E-state index in [-0.39, 0.29) is 52.2 Å². The van der Waals surface area contributed by atoms with Gasteiger partial charge >= 0.3 is 18.2 Å². The van der Waals surface area contributed by atoms with Crippen LogP contribution in [0, 0.1) is 22.7 Å². The van der Waals surface area contributed by atoms with Gasteiger partial charge in [-0.3, -0.25) is 4.90 Å².